The first kappa shape index (κ1) is 10.7. The molecule has 0 spiro atoms. The van der Waals surface area contributed by atoms with Gasteiger partial charge in [-0.2, -0.15) is 13.2 Å². The summed E-state index contributed by atoms with van der Waals surface area (Å²) in [7, 11) is 0. The van der Waals surface area contributed by atoms with Gasteiger partial charge in [-0.3, -0.25) is 0 Å². The molecule has 0 aromatic rings. The average Bonchev–Trinajstić information content (AvgIpc) is 2.03. The lowest BCUT2D eigenvalue weighted by molar-refractivity contribution is -0.227. The fourth-order valence-corrected chi connectivity index (χ4v) is 1.40. The topological polar surface area (TPSA) is 21.3 Å². The maximum atomic E-state index is 12.2. The zero-order chi connectivity index (χ0) is 10.1. The van der Waals surface area contributed by atoms with Crippen molar-refractivity contribution in [1.82, 2.24) is 5.32 Å². The highest BCUT2D eigenvalue weighted by Gasteiger charge is 2.44. The van der Waals surface area contributed by atoms with Gasteiger partial charge in [0.15, 0.2) is 6.10 Å². The van der Waals surface area contributed by atoms with Crippen molar-refractivity contribution in [3.05, 3.63) is 0 Å². The maximum Gasteiger partial charge on any atom is 0.416 e. The van der Waals surface area contributed by atoms with Crippen molar-refractivity contribution < 1.29 is 17.9 Å². The van der Waals surface area contributed by atoms with E-state index in [4.69, 9.17) is 17.0 Å². The third-order valence-electron chi connectivity index (χ3n) is 1.82. The highest BCUT2D eigenvalue weighted by molar-refractivity contribution is 7.80. The Labute approximate surface area is 79.4 Å². The van der Waals surface area contributed by atoms with Crippen molar-refractivity contribution in [2.24, 2.45) is 0 Å². The van der Waals surface area contributed by atoms with Crippen molar-refractivity contribution in [3.63, 3.8) is 0 Å². The summed E-state index contributed by atoms with van der Waals surface area (Å²) >= 11 is 4.80. The van der Waals surface area contributed by atoms with E-state index >= 15 is 0 Å². The first-order valence-corrected chi connectivity index (χ1v) is 4.36. The minimum atomic E-state index is -4.31. The number of alkyl halides is 3. The number of halogens is 3. The highest BCUT2D eigenvalue weighted by atomic mass is 32.1. The van der Waals surface area contributed by atoms with Crippen molar-refractivity contribution >= 4 is 17.2 Å². The zero-order valence-electron chi connectivity index (χ0n) is 7.02. The van der Waals surface area contributed by atoms with Crippen LogP contribution in [0.1, 0.15) is 13.3 Å². The van der Waals surface area contributed by atoms with Crippen molar-refractivity contribution in [1.29, 1.82) is 0 Å². The summed E-state index contributed by atoms with van der Waals surface area (Å²) < 4.78 is 41.3. The van der Waals surface area contributed by atoms with Gasteiger partial charge in [0.1, 0.15) is 11.1 Å². The van der Waals surface area contributed by atoms with E-state index in [1.165, 1.54) is 0 Å². The third-order valence-corrected chi connectivity index (χ3v) is 2.23. The molecule has 0 saturated carbocycles. The molecule has 1 aliphatic rings. The van der Waals surface area contributed by atoms with Gasteiger partial charge in [0.05, 0.1) is 6.54 Å². The summed E-state index contributed by atoms with van der Waals surface area (Å²) in [6.07, 6.45) is -6.19. The molecule has 1 heterocycles. The molecule has 1 fully saturated rings. The van der Waals surface area contributed by atoms with Crippen LogP contribution < -0.4 is 5.32 Å². The number of nitrogens with one attached hydrogen (secondary N) is 1. The van der Waals surface area contributed by atoms with Gasteiger partial charge >= 0.3 is 6.18 Å². The molecule has 0 amide bonds. The Balaban J connectivity index is 2.60. The Morgan fingerprint density at radius 2 is 2.23 bits per heavy atom. The molecule has 1 rings (SSSR count). The summed E-state index contributed by atoms with van der Waals surface area (Å²) in [5.74, 6) is 0. The molecule has 6 heteroatoms. The minimum absolute atomic E-state index is 0.279. The second-order valence-corrected chi connectivity index (χ2v) is 3.25. The summed E-state index contributed by atoms with van der Waals surface area (Å²) in [5.41, 5.74) is 0. The molecular weight excluding hydrogens is 203 g/mol. The number of rotatable bonds is 1. The second kappa shape index (κ2) is 3.79. The van der Waals surface area contributed by atoms with Crippen molar-refractivity contribution in [3.8, 4) is 0 Å². The van der Waals surface area contributed by atoms with Gasteiger partial charge in [0, 0.05) is 0 Å². The first-order valence-electron chi connectivity index (χ1n) is 3.95. The minimum Gasteiger partial charge on any atom is -0.375 e. The first-order chi connectivity index (χ1) is 5.95. The average molecular weight is 213 g/mol. The van der Waals surface area contributed by atoms with Gasteiger partial charge in [0.2, 0.25) is 0 Å². The summed E-state index contributed by atoms with van der Waals surface area (Å²) in [6, 6.07) is 0. The monoisotopic (exact) mass is 213 g/mol. The van der Waals surface area contributed by atoms with Crippen LogP contribution >= 0.6 is 12.2 Å². The van der Waals surface area contributed by atoms with E-state index < -0.39 is 18.4 Å². The molecule has 0 aromatic carbocycles. The van der Waals surface area contributed by atoms with Crippen LogP contribution in [-0.2, 0) is 4.74 Å². The molecule has 2 nitrogen and oxygen atoms in total. The molecular formula is C7H10F3NOS. The lowest BCUT2D eigenvalue weighted by atomic mass is 10.2. The van der Waals surface area contributed by atoms with Gasteiger partial charge in [-0.05, 0) is 6.42 Å². The molecule has 1 aliphatic heterocycles. The Morgan fingerprint density at radius 1 is 1.62 bits per heavy atom. The normalized spacial score (nSPS) is 30.0. The predicted octanol–water partition coefficient (Wildman–Crippen LogP) is 1.64. The molecule has 0 aromatic heterocycles. The third kappa shape index (κ3) is 2.54. The fraction of sp³-hybridized carbons (Fsp3) is 0.857. The van der Waals surface area contributed by atoms with Crippen LogP contribution in [0.4, 0.5) is 13.2 Å². The van der Waals surface area contributed by atoms with Crippen LogP contribution in [0.3, 0.4) is 0 Å². The van der Waals surface area contributed by atoms with Crippen LogP contribution in [0.15, 0.2) is 0 Å². The lowest BCUT2D eigenvalue weighted by Crippen LogP contribution is -2.53. The smallest absolute Gasteiger partial charge is 0.375 e. The highest BCUT2D eigenvalue weighted by Crippen LogP contribution is 2.26. The van der Waals surface area contributed by atoms with Gasteiger partial charge in [-0.15, -0.1) is 0 Å². The van der Waals surface area contributed by atoms with E-state index in [9.17, 15) is 13.2 Å². The molecule has 0 bridgehead atoms. The number of morpholine rings is 1. The van der Waals surface area contributed by atoms with Gasteiger partial charge < -0.3 is 10.1 Å². The predicted molar refractivity (Wildman–Crippen MR) is 45.6 cm³/mol. The summed E-state index contributed by atoms with van der Waals surface area (Å²) in [4.78, 5) is 0.364. The van der Waals surface area contributed by atoms with E-state index in [0.29, 0.717) is 11.4 Å². The van der Waals surface area contributed by atoms with Crippen LogP contribution in [0.2, 0.25) is 0 Å². The van der Waals surface area contributed by atoms with Gasteiger partial charge in [0.25, 0.3) is 0 Å². The van der Waals surface area contributed by atoms with E-state index in [1.54, 1.807) is 6.92 Å². The number of hydrogen-bond donors (Lipinski definition) is 1. The Kier molecular flexibility index (Phi) is 3.13. The fourth-order valence-electron chi connectivity index (χ4n) is 1.09. The zero-order valence-corrected chi connectivity index (χ0v) is 7.84. The van der Waals surface area contributed by atoms with Crippen molar-refractivity contribution in [2.75, 3.05) is 6.54 Å². The molecule has 1 N–H and O–H groups in total. The SMILES string of the molecule is CC[C@@H]1O[C@@H](C(F)(F)F)CNC1=S. The molecule has 2 atom stereocenters. The molecule has 76 valence electrons. The lowest BCUT2D eigenvalue weighted by Gasteiger charge is -2.32. The van der Waals surface area contributed by atoms with E-state index in [1.807, 2.05) is 0 Å². The van der Waals surface area contributed by atoms with Gasteiger partial charge in [-0.1, -0.05) is 19.1 Å². The summed E-state index contributed by atoms with van der Waals surface area (Å²) in [6.45, 7) is 1.45. The van der Waals surface area contributed by atoms with Crippen molar-refractivity contribution in [2.45, 2.75) is 31.7 Å². The molecule has 0 unspecified atom stereocenters. The van der Waals surface area contributed by atoms with Crippen LogP contribution in [0, 0.1) is 0 Å². The van der Waals surface area contributed by atoms with E-state index in [0.717, 1.165) is 0 Å². The molecule has 0 radical (unpaired) electrons. The molecule has 13 heavy (non-hydrogen) atoms. The standard InChI is InChI=1S/C7H10F3NOS/c1-2-4-6(13)11-3-5(12-4)7(8,9)10/h4-5H,2-3H2,1H3,(H,11,13)/t4-,5+/m0/s1. The Morgan fingerprint density at radius 3 is 2.69 bits per heavy atom. The summed E-state index contributed by atoms with van der Waals surface area (Å²) in [5, 5.41) is 2.53. The number of hydrogen-bond acceptors (Lipinski definition) is 2. The quantitative estimate of drug-likeness (QED) is 0.669. The van der Waals surface area contributed by atoms with Gasteiger partial charge in [-0.25, -0.2) is 0 Å². The van der Waals surface area contributed by atoms with Crippen LogP contribution in [0.25, 0.3) is 0 Å². The molecule has 1 saturated heterocycles. The molecule has 0 aliphatic carbocycles. The maximum absolute atomic E-state index is 12.2. The Bertz CT molecular complexity index is 206. The second-order valence-electron chi connectivity index (χ2n) is 2.81. The Hall–Kier alpha value is -0.360. The van der Waals surface area contributed by atoms with E-state index in [2.05, 4.69) is 5.32 Å². The number of thiocarbonyl (C=S) groups is 1. The van der Waals surface area contributed by atoms with Crippen LogP contribution in [0.5, 0.6) is 0 Å². The number of ether oxygens (including phenoxy) is 1. The van der Waals surface area contributed by atoms with E-state index in [-0.39, 0.29) is 6.54 Å². The largest absolute Gasteiger partial charge is 0.416 e. The van der Waals surface area contributed by atoms with Crippen LogP contribution in [-0.4, -0.2) is 29.9 Å².